The Morgan fingerprint density at radius 3 is 2.89 bits per heavy atom. The minimum absolute atomic E-state index is 0.0811. The molecule has 0 saturated carbocycles. The van der Waals surface area contributed by atoms with Crippen LogP contribution in [0.15, 0.2) is 45.7 Å². The highest BCUT2D eigenvalue weighted by atomic mass is 79.9. The van der Waals surface area contributed by atoms with Gasteiger partial charge in [0.15, 0.2) is 11.3 Å². The lowest BCUT2D eigenvalue weighted by Crippen LogP contribution is -2.12. The van der Waals surface area contributed by atoms with Crippen LogP contribution in [0.4, 0.5) is 5.69 Å². The van der Waals surface area contributed by atoms with Gasteiger partial charge in [-0.15, -0.1) is 0 Å². The highest BCUT2D eigenvalue weighted by Gasteiger charge is 2.14. The molecule has 0 aliphatic rings. The lowest BCUT2D eigenvalue weighted by atomic mass is 10.2. The average molecular weight is 321 g/mol. The summed E-state index contributed by atoms with van der Waals surface area (Å²) in [6, 6.07) is 10.3. The third-order valence-electron chi connectivity index (χ3n) is 2.29. The van der Waals surface area contributed by atoms with Crippen molar-refractivity contribution < 1.29 is 13.9 Å². The Hall–Kier alpha value is -2.26. The number of carbonyl (C=O) groups excluding carboxylic acids is 1. The highest BCUT2D eigenvalue weighted by molar-refractivity contribution is 9.10. The average Bonchev–Trinajstić information content (AvgIpc) is 2.84. The van der Waals surface area contributed by atoms with Crippen LogP contribution in [0.25, 0.3) is 0 Å². The van der Waals surface area contributed by atoms with Crippen molar-refractivity contribution in [1.29, 1.82) is 5.26 Å². The number of ether oxygens (including phenoxy) is 1. The summed E-state index contributed by atoms with van der Waals surface area (Å²) in [6.07, 6.45) is 1.41. The van der Waals surface area contributed by atoms with Crippen molar-refractivity contribution in [2.24, 2.45) is 0 Å². The first-order valence-electron chi connectivity index (χ1n) is 5.35. The van der Waals surface area contributed by atoms with E-state index in [0.29, 0.717) is 21.7 Å². The van der Waals surface area contributed by atoms with Crippen molar-refractivity contribution in [3.8, 4) is 11.8 Å². The Kier molecular flexibility index (Phi) is 4.21. The lowest BCUT2D eigenvalue weighted by molar-refractivity contribution is 0.102. The van der Waals surface area contributed by atoms with Crippen molar-refractivity contribution in [3.05, 3.63) is 46.8 Å². The van der Waals surface area contributed by atoms with Crippen LogP contribution in [0.1, 0.15) is 10.4 Å². The van der Waals surface area contributed by atoms with Crippen LogP contribution in [-0.2, 0) is 0 Å². The number of furan rings is 1. The van der Waals surface area contributed by atoms with Gasteiger partial charge in [-0.05, 0) is 34.1 Å². The summed E-state index contributed by atoms with van der Waals surface area (Å²) < 4.78 is 10.6. The number of carbonyl (C=O) groups is 1. The van der Waals surface area contributed by atoms with Crippen LogP contribution >= 0.6 is 15.9 Å². The van der Waals surface area contributed by atoms with Gasteiger partial charge in [-0.25, -0.2) is 0 Å². The van der Waals surface area contributed by atoms with Gasteiger partial charge in [0.1, 0.15) is 11.8 Å². The number of halogens is 1. The van der Waals surface area contributed by atoms with E-state index in [-0.39, 0.29) is 12.5 Å². The summed E-state index contributed by atoms with van der Waals surface area (Å²) in [5, 5.41) is 11.2. The molecule has 5 nitrogen and oxygen atoms in total. The summed E-state index contributed by atoms with van der Waals surface area (Å²) in [6.45, 7) is -0.0811. The molecule has 1 heterocycles. The molecule has 0 radical (unpaired) electrons. The Labute approximate surface area is 117 Å². The number of nitrogens with one attached hydrogen (secondary N) is 1. The van der Waals surface area contributed by atoms with Crippen LogP contribution in [0.2, 0.25) is 0 Å². The molecular formula is C13H9BrN2O3. The van der Waals surface area contributed by atoms with Gasteiger partial charge in [0.25, 0.3) is 5.91 Å². The van der Waals surface area contributed by atoms with Gasteiger partial charge in [0, 0.05) is 0 Å². The first kappa shape index (κ1) is 13.2. The number of hydrogen-bond acceptors (Lipinski definition) is 4. The predicted molar refractivity (Wildman–Crippen MR) is 71.9 cm³/mol. The second kappa shape index (κ2) is 6.07. The molecule has 19 heavy (non-hydrogen) atoms. The van der Waals surface area contributed by atoms with E-state index in [1.165, 1.54) is 6.26 Å². The quantitative estimate of drug-likeness (QED) is 0.938. The number of rotatable bonds is 4. The second-order valence-electron chi connectivity index (χ2n) is 3.51. The van der Waals surface area contributed by atoms with Crippen molar-refractivity contribution in [2.45, 2.75) is 0 Å². The Morgan fingerprint density at radius 2 is 2.21 bits per heavy atom. The molecule has 0 aliphatic heterocycles. The fourth-order valence-corrected chi connectivity index (χ4v) is 1.87. The molecule has 1 N–H and O–H groups in total. The molecule has 1 aromatic carbocycles. The molecule has 1 amide bonds. The molecule has 6 heteroatoms. The Morgan fingerprint density at radius 1 is 1.42 bits per heavy atom. The fraction of sp³-hybridized carbons (Fsp3) is 0.0769. The topological polar surface area (TPSA) is 75.3 Å². The Balaban J connectivity index is 2.17. The van der Waals surface area contributed by atoms with Gasteiger partial charge in [0.05, 0.1) is 17.5 Å². The molecule has 0 unspecified atom stereocenters. The summed E-state index contributed by atoms with van der Waals surface area (Å²) in [4.78, 5) is 12.0. The molecule has 2 rings (SSSR count). The molecule has 2 aromatic rings. The largest absolute Gasteiger partial charge is 0.477 e. The van der Waals surface area contributed by atoms with Gasteiger partial charge in [-0.1, -0.05) is 12.1 Å². The van der Waals surface area contributed by atoms with E-state index in [4.69, 9.17) is 14.4 Å². The van der Waals surface area contributed by atoms with Crippen LogP contribution in [0, 0.1) is 11.3 Å². The summed E-state index contributed by atoms with van der Waals surface area (Å²) in [7, 11) is 0. The van der Waals surface area contributed by atoms with Crippen LogP contribution in [0.5, 0.6) is 5.75 Å². The Bertz CT molecular complexity index is 631. The number of anilines is 1. The zero-order chi connectivity index (χ0) is 13.7. The molecule has 96 valence electrons. The monoisotopic (exact) mass is 320 g/mol. The molecule has 0 spiro atoms. The maximum atomic E-state index is 12.0. The third kappa shape index (κ3) is 3.14. The molecule has 0 aliphatic carbocycles. The van der Waals surface area contributed by atoms with E-state index < -0.39 is 0 Å². The van der Waals surface area contributed by atoms with Crippen molar-refractivity contribution >= 4 is 27.5 Å². The number of para-hydroxylation sites is 2. The normalized spacial score (nSPS) is 9.68. The van der Waals surface area contributed by atoms with Gasteiger partial charge in [-0.3, -0.25) is 4.79 Å². The van der Waals surface area contributed by atoms with E-state index in [2.05, 4.69) is 21.2 Å². The molecule has 0 bridgehead atoms. The van der Waals surface area contributed by atoms with E-state index in [9.17, 15) is 4.79 Å². The summed E-state index contributed by atoms with van der Waals surface area (Å²) in [5.41, 5.74) is 0.880. The summed E-state index contributed by atoms with van der Waals surface area (Å²) >= 11 is 3.14. The van der Waals surface area contributed by atoms with E-state index in [0.717, 1.165) is 0 Å². The number of nitriles is 1. The lowest BCUT2D eigenvalue weighted by Gasteiger charge is -2.09. The van der Waals surface area contributed by atoms with E-state index in [1.54, 1.807) is 30.3 Å². The fourth-order valence-electron chi connectivity index (χ4n) is 1.45. The third-order valence-corrected chi connectivity index (χ3v) is 2.90. The minimum atomic E-state index is -0.325. The van der Waals surface area contributed by atoms with Gasteiger partial charge in [-0.2, -0.15) is 5.26 Å². The second-order valence-corrected chi connectivity index (χ2v) is 4.23. The number of hydrogen-bond donors (Lipinski definition) is 1. The highest BCUT2D eigenvalue weighted by Crippen LogP contribution is 2.25. The van der Waals surface area contributed by atoms with Gasteiger partial charge in [0.2, 0.25) is 0 Å². The first-order chi connectivity index (χ1) is 9.22. The summed E-state index contributed by atoms with van der Waals surface area (Å²) in [5.74, 6) is 0.116. The number of nitrogens with zero attached hydrogens (tertiary/aromatic N) is 1. The van der Waals surface area contributed by atoms with Gasteiger partial charge >= 0.3 is 0 Å². The minimum Gasteiger partial charge on any atom is -0.477 e. The van der Waals surface area contributed by atoms with Crippen LogP contribution in [-0.4, -0.2) is 12.5 Å². The molecular weight excluding hydrogens is 312 g/mol. The van der Waals surface area contributed by atoms with Gasteiger partial charge < -0.3 is 14.5 Å². The van der Waals surface area contributed by atoms with Crippen LogP contribution < -0.4 is 10.1 Å². The van der Waals surface area contributed by atoms with Crippen molar-refractivity contribution in [1.82, 2.24) is 0 Å². The zero-order valence-corrected chi connectivity index (χ0v) is 11.3. The number of benzene rings is 1. The van der Waals surface area contributed by atoms with E-state index in [1.807, 2.05) is 6.07 Å². The van der Waals surface area contributed by atoms with E-state index >= 15 is 0 Å². The van der Waals surface area contributed by atoms with Crippen LogP contribution in [0.3, 0.4) is 0 Å². The molecule has 0 fully saturated rings. The number of amides is 1. The standard InChI is InChI=1S/C13H9BrN2O3/c14-12-9(5-7-19-12)13(17)16-10-3-1-2-4-11(10)18-8-6-15/h1-5,7H,8H2,(H,16,17). The SMILES string of the molecule is N#CCOc1ccccc1NC(=O)c1ccoc1Br. The zero-order valence-electron chi connectivity index (χ0n) is 9.72. The molecule has 1 aromatic heterocycles. The maximum Gasteiger partial charge on any atom is 0.260 e. The maximum absolute atomic E-state index is 12.0. The van der Waals surface area contributed by atoms with Crippen molar-refractivity contribution in [3.63, 3.8) is 0 Å². The smallest absolute Gasteiger partial charge is 0.260 e. The van der Waals surface area contributed by atoms with Crippen molar-refractivity contribution in [2.75, 3.05) is 11.9 Å². The molecule has 0 atom stereocenters. The predicted octanol–water partition coefficient (Wildman–Crippen LogP) is 3.20. The first-order valence-corrected chi connectivity index (χ1v) is 6.15. The molecule has 0 saturated heterocycles.